The summed E-state index contributed by atoms with van der Waals surface area (Å²) < 4.78 is 0. The average molecular weight is 266 g/mol. The van der Waals surface area contributed by atoms with Crippen LogP contribution in [0.25, 0.3) is 0 Å². The van der Waals surface area contributed by atoms with Gasteiger partial charge in [-0.1, -0.05) is 13.8 Å². The zero-order chi connectivity index (χ0) is 14.3. The molecule has 0 fully saturated rings. The number of aliphatic hydroxyl groups excluding tert-OH is 1. The number of aliphatic hydroxyl groups is 1. The van der Waals surface area contributed by atoms with Crippen LogP contribution in [0.4, 0.5) is 11.6 Å². The molecule has 0 bridgehead atoms. The van der Waals surface area contributed by atoms with E-state index in [-0.39, 0.29) is 6.10 Å². The van der Waals surface area contributed by atoms with Gasteiger partial charge < -0.3 is 15.7 Å². The van der Waals surface area contributed by atoms with Gasteiger partial charge >= 0.3 is 0 Å². The van der Waals surface area contributed by atoms with Crippen LogP contribution in [0.5, 0.6) is 0 Å². The van der Waals surface area contributed by atoms with Gasteiger partial charge in [-0.25, -0.2) is 9.97 Å². The molecule has 1 aromatic heterocycles. The molecule has 19 heavy (non-hydrogen) atoms. The Morgan fingerprint density at radius 2 is 1.79 bits per heavy atom. The molecular formula is C14H26N4O. The second-order valence-corrected chi connectivity index (χ2v) is 5.09. The molecule has 1 aromatic rings. The maximum atomic E-state index is 9.24. The van der Waals surface area contributed by atoms with Crippen LogP contribution in [0.2, 0.25) is 0 Å². The highest BCUT2D eigenvalue weighted by atomic mass is 16.3. The number of hydrogen-bond acceptors (Lipinski definition) is 5. The van der Waals surface area contributed by atoms with Gasteiger partial charge in [-0.15, -0.1) is 0 Å². The van der Waals surface area contributed by atoms with Crippen LogP contribution in [-0.4, -0.2) is 34.3 Å². The molecule has 0 spiro atoms. The first-order chi connectivity index (χ1) is 9.06. The number of hydrogen-bond donors (Lipinski definition) is 3. The van der Waals surface area contributed by atoms with Crippen molar-refractivity contribution < 1.29 is 5.11 Å². The Morgan fingerprint density at radius 1 is 1.16 bits per heavy atom. The van der Waals surface area contributed by atoms with E-state index in [1.54, 1.807) is 6.33 Å². The normalized spacial score (nSPS) is 12.5. The van der Waals surface area contributed by atoms with Gasteiger partial charge in [-0.2, -0.15) is 0 Å². The van der Waals surface area contributed by atoms with E-state index < -0.39 is 0 Å². The molecule has 0 saturated carbocycles. The zero-order valence-corrected chi connectivity index (χ0v) is 12.4. The SMILES string of the molecule is CCNc1ncnc(NCCCC(C)O)c1C(C)C. The smallest absolute Gasteiger partial charge is 0.134 e. The third kappa shape index (κ3) is 5.03. The minimum absolute atomic E-state index is 0.242. The second kappa shape index (κ2) is 7.94. The molecule has 1 unspecified atom stereocenters. The molecule has 5 heteroatoms. The van der Waals surface area contributed by atoms with Crippen molar-refractivity contribution in [3.8, 4) is 0 Å². The van der Waals surface area contributed by atoms with E-state index >= 15 is 0 Å². The van der Waals surface area contributed by atoms with Gasteiger partial charge in [-0.05, 0) is 32.6 Å². The van der Waals surface area contributed by atoms with Gasteiger partial charge in [0.1, 0.15) is 18.0 Å². The molecule has 0 aliphatic heterocycles. The van der Waals surface area contributed by atoms with Crippen LogP contribution in [0.1, 0.15) is 52.0 Å². The fourth-order valence-corrected chi connectivity index (χ4v) is 2.00. The van der Waals surface area contributed by atoms with Crippen LogP contribution < -0.4 is 10.6 Å². The maximum absolute atomic E-state index is 9.24. The summed E-state index contributed by atoms with van der Waals surface area (Å²) in [5, 5.41) is 15.9. The summed E-state index contributed by atoms with van der Waals surface area (Å²) in [5.74, 6) is 2.16. The molecule has 108 valence electrons. The minimum atomic E-state index is -0.242. The second-order valence-electron chi connectivity index (χ2n) is 5.09. The Bertz CT molecular complexity index is 380. The van der Waals surface area contributed by atoms with Crippen molar-refractivity contribution in [3.63, 3.8) is 0 Å². The van der Waals surface area contributed by atoms with Crippen molar-refractivity contribution in [2.75, 3.05) is 23.7 Å². The van der Waals surface area contributed by atoms with Gasteiger partial charge in [0, 0.05) is 18.7 Å². The quantitative estimate of drug-likeness (QED) is 0.631. The van der Waals surface area contributed by atoms with Crippen LogP contribution in [0.3, 0.4) is 0 Å². The van der Waals surface area contributed by atoms with Crippen molar-refractivity contribution in [2.45, 2.75) is 52.6 Å². The summed E-state index contributed by atoms with van der Waals surface area (Å²) >= 11 is 0. The molecule has 1 heterocycles. The fourth-order valence-electron chi connectivity index (χ4n) is 2.00. The largest absolute Gasteiger partial charge is 0.393 e. The van der Waals surface area contributed by atoms with Gasteiger partial charge in [-0.3, -0.25) is 0 Å². The highest BCUT2D eigenvalue weighted by Gasteiger charge is 2.14. The first kappa shape index (κ1) is 15.7. The summed E-state index contributed by atoms with van der Waals surface area (Å²) in [7, 11) is 0. The monoisotopic (exact) mass is 266 g/mol. The van der Waals surface area contributed by atoms with E-state index in [1.807, 2.05) is 6.92 Å². The third-order valence-corrected chi connectivity index (χ3v) is 2.90. The topological polar surface area (TPSA) is 70.1 Å². The number of aromatic nitrogens is 2. The van der Waals surface area contributed by atoms with Crippen molar-refractivity contribution >= 4 is 11.6 Å². The van der Waals surface area contributed by atoms with Gasteiger partial charge in [0.15, 0.2) is 0 Å². The van der Waals surface area contributed by atoms with Crippen LogP contribution in [-0.2, 0) is 0 Å². The predicted molar refractivity (Wildman–Crippen MR) is 79.7 cm³/mol. The number of nitrogens with one attached hydrogen (secondary N) is 2. The maximum Gasteiger partial charge on any atom is 0.134 e. The lowest BCUT2D eigenvalue weighted by molar-refractivity contribution is 0.183. The van der Waals surface area contributed by atoms with Crippen molar-refractivity contribution in [1.29, 1.82) is 0 Å². The predicted octanol–water partition coefficient (Wildman–Crippen LogP) is 2.60. The highest BCUT2D eigenvalue weighted by Crippen LogP contribution is 2.28. The molecule has 1 rings (SSSR count). The summed E-state index contributed by atoms with van der Waals surface area (Å²) in [5.41, 5.74) is 1.13. The zero-order valence-electron chi connectivity index (χ0n) is 12.4. The highest BCUT2D eigenvalue weighted by molar-refractivity contribution is 5.58. The molecule has 0 aliphatic carbocycles. The van der Waals surface area contributed by atoms with Gasteiger partial charge in [0.25, 0.3) is 0 Å². The van der Waals surface area contributed by atoms with Gasteiger partial charge in [0.05, 0.1) is 6.10 Å². The molecule has 0 aromatic carbocycles. The Morgan fingerprint density at radius 3 is 2.32 bits per heavy atom. The molecular weight excluding hydrogens is 240 g/mol. The molecule has 5 nitrogen and oxygen atoms in total. The lowest BCUT2D eigenvalue weighted by Crippen LogP contribution is -2.13. The Kier molecular flexibility index (Phi) is 6.56. The molecule has 0 aliphatic rings. The van der Waals surface area contributed by atoms with E-state index in [9.17, 15) is 5.11 Å². The summed E-state index contributed by atoms with van der Waals surface area (Å²) in [6.07, 6.45) is 3.07. The van der Waals surface area contributed by atoms with Crippen LogP contribution >= 0.6 is 0 Å². The first-order valence-electron chi connectivity index (χ1n) is 7.06. The Hall–Kier alpha value is -1.36. The lowest BCUT2D eigenvalue weighted by atomic mass is 10.0. The van der Waals surface area contributed by atoms with Crippen molar-refractivity contribution in [2.24, 2.45) is 0 Å². The van der Waals surface area contributed by atoms with E-state index in [0.717, 1.165) is 43.1 Å². The van der Waals surface area contributed by atoms with Crippen molar-refractivity contribution in [3.05, 3.63) is 11.9 Å². The van der Waals surface area contributed by atoms with E-state index in [0.29, 0.717) is 5.92 Å². The summed E-state index contributed by atoms with van der Waals surface area (Å²) in [6, 6.07) is 0. The Labute approximate surface area is 115 Å². The number of rotatable bonds is 8. The first-order valence-corrected chi connectivity index (χ1v) is 7.06. The third-order valence-electron chi connectivity index (χ3n) is 2.90. The van der Waals surface area contributed by atoms with Crippen LogP contribution in [0.15, 0.2) is 6.33 Å². The number of anilines is 2. The molecule has 0 amide bonds. The number of nitrogens with zero attached hydrogens (tertiary/aromatic N) is 2. The average Bonchev–Trinajstić information content (AvgIpc) is 2.34. The van der Waals surface area contributed by atoms with E-state index in [4.69, 9.17) is 0 Å². The standard InChI is InChI=1S/C14H26N4O/c1-5-15-13-12(10(2)3)14(18-9-17-13)16-8-6-7-11(4)19/h9-11,19H,5-8H2,1-4H3,(H2,15,16,17,18). The minimum Gasteiger partial charge on any atom is -0.393 e. The van der Waals surface area contributed by atoms with Crippen LogP contribution in [0, 0.1) is 0 Å². The molecule has 0 saturated heterocycles. The van der Waals surface area contributed by atoms with Gasteiger partial charge in [0.2, 0.25) is 0 Å². The molecule has 3 N–H and O–H groups in total. The van der Waals surface area contributed by atoms with E-state index in [2.05, 4.69) is 41.4 Å². The van der Waals surface area contributed by atoms with Crippen molar-refractivity contribution in [1.82, 2.24) is 9.97 Å². The fraction of sp³-hybridized carbons (Fsp3) is 0.714. The Balaban J connectivity index is 2.73. The summed E-state index contributed by atoms with van der Waals surface area (Å²) in [6.45, 7) is 9.81. The summed E-state index contributed by atoms with van der Waals surface area (Å²) in [4.78, 5) is 8.64. The lowest BCUT2D eigenvalue weighted by Gasteiger charge is -2.17. The van der Waals surface area contributed by atoms with E-state index in [1.165, 1.54) is 0 Å². The molecule has 0 radical (unpaired) electrons. The molecule has 1 atom stereocenters.